The third-order valence-electron chi connectivity index (χ3n) is 2.96. The second-order valence-electron chi connectivity index (χ2n) is 4.30. The monoisotopic (exact) mass is 286 g/mol. The fourth-order valence-electron chi connectivity index (χ4n) is 1.98. The number of aromatic nitrogens is 4. The van der Waals surface area contributed by atoms with Crippen molar-refractivity contribution in [3.63, 3.8) is 0 Å². The van der Waals surface area contributed by atoms with Crippen LogP contribution in [0.15, 0.2) is 36.5 Å². The van der Waals surface area contributed by atoms with Gasteiger partial charge < -0.3 is 4.74 Å². The molecule has 0 aliphatic heterocycles. The van der Waals surface area contributed by atoms with Crippen molar-refractivity contribution in [1.82, 2.24) is 19.6 Å². The van der Waals surface area contributed by atoms with Crippen LogP contribution in [0.2, 0.25) is 0 Å². The SMILES string of the molecule is COC(=O)Cc1nc2nccc(-c3ccccc3F)n2n1. The lowest BCUT2D eigenvalue weighted by molar-refractivity contribution is -0.139. The van der Waals surface area contributed by atoms with Gasteiger partial charge in [0.2, 0.25) is 0 Å². The maximum absolute atomic E-state index is 13.9. The third-order valence-corrected chi connectivity index (χ3v) is 2.96. The number of carbonyl (C=O) groups excluding carboxylic acids is 1. The zero-order valence-corrected chi connectivity index (χ0v) is 11.2. The molecule has 0 aliphatic rings. The zero-order valence-electron chi connectivity index (χ0n) is 11.2. The van der Waals surface area contributed by atoms with Crippen molar-refractivity contribution in [3.8, 4) is 11.3 Å². The summed E-state index contributed by atoms with van der Waals surface area (Å²) < 4.78 is 19.9. The number of hydrogen-bond donors (Lipinski definition) is 0. The molecule has 6 nitrogen and oxygen atoms in total. The third kappa shape index (κ3) is 2.45. The molecule has 0 spiro atoms. The van der Waals surface area contributed by atoms with Crippen LogP contribution in [0.1, 0.15) is 5.82 Å². The highest BCUT2D eigenvalue weighted by Crippen LogP contribution is 2.22. The Balaban J connectivity index is 2.12. The molecule has 0 unspecified atom stereocenters. The number of fused-ring (bicyclic) bond motifs is 1. The van der Waals surface area contributed by atoms with E-state index in [0.717, 1.165) is 0 Å². The molecule has 0 atom stereocenters. The maximum atomic E-state index is 13.9. The molecule has 7 heteroatoms. The highest BCUT2D eigenvalue weighted by Gasteiger charge is 2.14. The van der Waals surface area contributed by atoms with Crippen molar-refractivity contribution < 1.29 is 13.9 Å². The first-order valence-electron chi connectivity index (χ1n) is 6.21. The van der Waals surface area contributed by atoms with Gasteiger partial charge in [-0.2, -0.15) is 9.50 Å². The van der Waals surface area contributed by atoms with E-state index in [1.54, 1.807) is 24.3 Å². The van der Waals surface area contributed by atoms with E-state index in [9.17, 15) is 9.18 Å². The number of benzene rings is 1. The summed E-state index contributed by atoms with van der Waals surface area (Å²) in [6.07, 6.45) is 1.46. The predicted molar refractivity (Wildman–Crippen MR) is 71.9 cm³/mol. The van der Waals surface area contributed by atoms with E-state index in [2.05, 4.69) is 19.8 Å². The molecule has 0 N–H and O–H groups in total. The van der Waals surface area contributed by atoms with Gasteiger partial charge >= 0.3 is 5.97 Å². The molecule has 3 rings (SSSR count). The minimum atomic E-state index is -0.446. The zero-order chi connectivity index (χ0) is 14.8. The van der Waals surface area contributed by atoms with Crippen LogP contribution in [0.4, 0.5) is 4.39 Å². The van der Waals surface area contributed by atoms with E-state index in [1.807, 2.05) is 0 Å². The number of hydrogen-bond acceptors (Lipinski definition) is 5. The highest BCUT2D eigenvalue weighted by atomic mass is 19.1. The van der Waals surface area contributed by atoms with Gasteiger partial charge in [-0.05, 0) is 18.2 Å². The predicted octanol–water partition coefficient (Wildman–Crippen LogP) is 1.65. The summed E-state index contributed by atoms with van der Waals surface area (Å²) in [5.74, 6) is -0.235. The van der Waals surface area contributed by atoms with Gasteiger partial charge in [-0.3, -0.25) is 4.79 Å². The van der Waals surface area contributed by atoms with Crippen LogP contribution >= 0.6 is 0 Å². The van der Waals surface area contributed by atoms with Crippen molar-refractivity contribution in [1.29, 1.82) is 0 Å². The lowest BCUT2D eigenvalue weighted by Gasteiger charge is -2.04. The minimum absolute atomic E-state index is 0.0590. The number of halogens is 1. The number of carbonyl (C=O) groups is 1. The molecular weight excluding hydrogens is 275 g/mol. The Hall–Kier alpha value is -2.83. The Morgan fingerprint density at radius 3 is 2.90 bits per heavy atom. The van der Waals surface area contributed by atoms with Gasteiger partial charge in [-0.1, -0.05) is 12.1 Å². The van der Waals surface area contributed by atoms with E-state index in [-0.39, 0.29) is 18.1 Å². The van der Waals surface area contributed by atoms with Gasteiger partial charge in [-0.15, -0.1) is 5.10 Å². The van der Waals surface area contributed by atoms with Crippen molar-refractivity contribution in [3.05, 3.63) is 48.2 Å². The molecule has 1 aromatic carbocycles. The largest absolute Gasteiger partial charge is 0.469 e. The molecule has 106 valence electrons. The van der Waals surface area contributed by atoms with Crippen LogP contribution in [-0.2, 0) is 16.0 Å². The second-order valence-corrected chi connectivity index (χ2v) is 4.30. The van der Waals surface area contributed by atoms with Crippen LogP contribution < -0.4 is 0 Å². The Bertz CT molecular complexity index is 816. The van der Waals surface area contributed by atoms with Crippen molar-refractivity contribution in [2.24, 2.45) is 0 Å². The van der Waals surface area contributed by atoms with Gasteiger partial charge in [0.05, 0.1) is 12.8 Å². The molecular formula is C14H11FN4O2. The Morgan fingerprint density at radius 1 is 1.33 bits per heavy atom. The molecule has 0 aliphatic carbocycles. The van der Waals surface area contributed by atoms with Gasteiger partial charge in [0.25, 0.3) is 5.78 Å². The van der Waals surface area contributed by atoms with Crippen LogP contribution in [0.25, 0.3) is 17.0 Å². The van der Waals surface area contributed by atoms with E-state index in [1.165, 1.54) is 23.9 Å². The maximum Gasteiger partial charge on any atom is 0.313 e. The topological polar surface area (TPSA) is 69.4 Å². The summed E-state index contributed by atoms with van der Waals surface area (Å²) in [4.78, 5) is 19.5. The van der Waals surface area contributed by atoms with Crippen LogP contribution in [-0.4, -0.2) is 32.7 Å². The molecule has 0 bridgehead atoms. The average Bonchev–Trinajstić information content (AvgIpc) is 2.90. The number of ether oxygens (including phenoxy) is 1. The Kier molecular flexibility index (Phi) is 3.31. The first kappa shape index (κ1) is 13.2. The van der Waals surface area contributed by atoms with E-state index >= 15 is 0 Å². The van der Waals surface area contributed by atoms with E-state index in [4.69, 9.17) is 0 Å². The van der Waals surface area contributed by atoms with Crippen LogP contribution in [0, 0.1) is 5.82 Å². The summed E-state index contributed by atoms with van der Waals surface area (Å²) in [7, 11) is 1.29. The summed E-state index contributed by atoms with van der Waals surface area (Å²) in [5, 5.41) is 4.19. The normalized spacial score (nSPS) is 10.8. The van der Waals surface area contributed by atoms with Gasteiger partial charge in [0.1, 0.15) is 12.2 Å². The van der Waals surface area contributed by atoms with Gasteiger partial charge in [-0.25, -0.2) is 9.37 Å². The Morgan fingerprint density at radius 2 is 2.14 bits per heavy atom. The summed E-state index contributed by atoms with van der Waals surface area (Å²) >= 11 is 0. The van der Waals surface area contributed by atoms with Crippen molar-refractivity contribution >= 4 is 11.7 Å². The van der Waals surface area contributed by atoms with Gasteiger partial charge in [0, 0.05) is 11.8 Å². The number of methoxy groups -OCH3 is 1. The first-order valence-corrected chi connectivity index (χ1v) is 6.21. The van der Waals surface area contributed by atoms with Crippen LogP contribution in [0.3, 0.4) is 0 Å². The number of esters is 1. The fourth-order valence-corrected chi connectivity index (χ4v) is 1.98. The summed E-state index contributed by atoms with van der Waals surface area (Å²) in [6.45, 7) is 0. The molecule has 3 aromatic rings. The van der Waals surface area contributed by atoms with E-state index in [0.29, 0.717) is 17.0 Å². The second kappa shape index (κ2) is 5.28. The fraction of sp³-hybridized carbons (Fsp3) is 0.143. The molecule has 0 saturated carbocycles. The minimum Gasteiger partial charge on any atom is -0.469 e. The number of nitrogens with zero attached hydrogens (tertiary/aromatic N) is 4. The molecule has 21 heavy (non-hydrogen) atoms. The van der Waals surface area contributed by atoms with Gasteiger partial charge in [0.15, 0.2) is 5.82 Å². The standard InChI is InChI=1S/C14H11FN4O2/c1-21-13(20)8-12-17-14-16-7-6-11(19(14)18-12)9-4-2-3-5-10(9)15/h2-7H,8H2,1H3. The first-order chi connectivity index (χ1) is 10.2. The summed E-state index contributed by atoms with van der Waals surface area (Å²) in [5.41, 5.74) is 0.904. The molecule has 2 aromatic heterocycles. The summed E-state index contributed by atoms with van der Waals surface area (Å²) in [6, 6.07) is 8.00. The smallest absolute Gasteiger partial charge is 0.313 e. The highest BCUT2D eigenvalue weighted by molar-refractivity contribution is 5.71. The van der Waals surface area contributed by atoms with Crippen LogP contribution in [0.5, 0.6) is 0 Å². The van der Waals surface area contributed by atoms with E-state index < -0.39 is 5.97 Å². The Labute approximate surface area is 119 Å². The van der Waals surface area contributed by atoms with Crippen molar-refractivity contribution in [2.75, 3.05) is 7.11 Å². The molecule has 0 saturated heterocycles. The quantitative estimate of drug-likeness (QED) is 0.685. The molecule has 0 amide bonds. The van der Waals surface area contributed by atoms with Crippen molar-refractivity contribution in [2.45, 2.75) is 6.42 Å². The molecule has 0 radical (unpaired) electrons. The molecule has 2 heterocycles. The average molecular weight is 286 g/mol. The lowest BCUT2D eigenvalue weighted by atomic mass is 10.1. The lowest BCUT2D eigenvalue weighted by Crippen LogP contribution is -2.06. The number of rotatable bonds is 3. The molecule has 0 fully saturated rings.